The predicted octanol–water partition coefficient (Wildman–Crippen LogP) is 3.11. The van der Waals surface area contributed by atoms with Crippen LogP contribution in [0.25, 0.3) is 21.1 Å². The molecule has 4 rings (SSSR count). The molecule has 2 aromatic heterocycles. The maximum absolute atomic E-state index is 12.3. The molecule has 0 saturated carbocycles. The lowest BCUT2D eigenvalue weighted by Crippen LogP contribution is -2.47. The number of anilines is 1. The maximum Gasteiger partial charge on any atom is 0.288 e. The van der Waals surface area contributed by atoms with Gasteiger partial charge in [-0.3, -0.25) is 20.4 Å². The zero-order valence-corrected chi connectivity index (χ0v) is 15.8. The molecule has 0 bridgehead atoms. The van der Waals surface area contributed by atoms with Gasteiger partial charge in [-0.05, 0) is 31.2 Å². The van der Waals surface area contributed by atoms with Gasteiger partial charge in [-0.25, -0.2) is 9.97 Å². The fourth-order valence-corrected chi connectivity index (χ4v) is 3.62. The molecule has 2 amide bonds. The Labute approximate surface area is 164 Å². The van der Waals surface area contributed by atoms with Gasteiger partial charge in [0.15, 0.2) is 5.13 Å². The fraction of sp³-hybridized carbons (Fsp3) is 0.100. The van der Waals surface area contributed by atoms with E-state index in [1.807, 2.05) is 54.6 Å². The summed E-state index contributed by atoms with van der Waals surface area (Å²) in [5.74, 6) is -0.861. The molecule has 28 heavy (non-hydrogen) atoms. The Balaban J connectivity index is 1.36. The molecule has 0 aliphatic carbocycles. The van der Waals surface area contributed by atoms with Gasteiger partial charge in [-0.1, -0.05) is 47.7 Å². The summed E-state index contributed by atoms with van der Waals surface area (Å²) in [5.41, 5.74) is 6.63. The Morgan fingerprint density at radius 2 is 1.64 bits per heavy atom. The first-order valence-corrected chi connectivity index (χ1v) is 9.50. The Morgan fingerprint density at radius 3 is 2.46 bits per heavy atom. The molecule has 0 radical (unpaired) electrons. The highest BCUT2D eigenvalue weighted by Gasteiger charge is 2.16. The van der Waals surface area contributed by atoms with E-state index in [0.717, 1.165) is 15.6 Å². The lowest BCUT2D eigenvalue weighted by Gasteiger charge is -2.13. The Kier molecular flexibility index (Phi) is 4.86. The number of hydrogen-bond donors (Lipinski definition) is 3. The lowest BCUT2D eigenvalue weighted by atomic mass is 10.2. The number of para-hydroxylation sites is 2. The highest BCUT2D eigenvalue weighted by molar-refractivity contribution is 7.22. The van der Waals surface area contributed by atoms with Crippen molar-refractivity contribution in [3.63, 3.8) is 0 Å². The summed E-state index contributed by atoms with van der Waals surface area (Å²) >= 11 is 1.47. The number of nitrogens with one attached hydrogen (secondary N) is 3. The molecule has 0 aliphatic rings. The zero-order valence-electron chi connectivity index (χ0n) is 15.0. The van der Waals surface area contributed by atoms with Crippen LogP contribution in [0.5, 0.6) is 0 Å². The van der Waals surface area contributed by atoms with Gasteiger partial charge in [-0.15, -0.1) is 0 Å². The number of fused-ring (bicyclic) bond motifs is 2. The molecule has 0 saturated heterocycles. The van der Waals surface area contributed by atoms with E-state index in [2.05, 4.69) is 26.1 Å². The number of rotatable bonds is 4. The highest BCUT2D eigenvalue weighted by atomic mass is 32.1. The van der Waals surface area contributed by atoms with Gasteiger partial charge in [0.05, 0.1) is 15.7 Å². The fourth-order valence-electron chi connectivity index (χ4n) is 2.67. The molecular weight excluding hydrogens is 374 g/mol. The summed E-state index contributed by atoms with van der Waals surface area (Å²) < 4.78 is 1.04. The summed E-state index contributed by atoms with van der Waals surface area (Å²) in [5, 5.41) is 4.63. The van der Waals surface area contributed by atoms with Gasteiger partial charge in [-0.2, -0.15) is 0 Å². The van der Waals surface area contributed by atoms with Crippen LogP contribution < -0.4 is 16.2 Å². The number of benzene rings is 2. The van der Waals surface area contributed by atoms with Gasteiger partial charge < -0.3 is 5.32 Å². The number of thiazole rings is 1. The Bertz CT molecular complexity index is 1140. The van der Waals surface area contributed by atoms with Gasteiger partial charge in [0.2, 0.25) is 0 Å². The first-order chi connectivity index (χ1) is 13.6. The van der Waals surface area contributed by atoms with Crippen molar-refractivity contribution in [3.8, 4) is 0 Å². The van der Waals surface area contributed by atoms with Gasteiger partial charge in [0.25, 0.3) is 11.8 Å². The quantitative estimate of drug-likeness (QED) is 0.465. The Hall–Kier alpha value is -3.52. The van der Waals surface area contributed by atoms with Crippen LogP contribution in [-0.4, -0.2) is 27.8 Å². The Morgan fingerprint density at radius 1 is 0.893 bits per heavy atom. The third-order valence-electron chi connectivity index (χ3n) is 4.16. The van der Waals surface area contributed by atoms with Gasteiger partial charge in [0.1, 0.15) is 11.7 Å². The number of nitrogens with zero attached hydrogens (tertiary/aromatic N) is 2. The standard InChI is InChI=1S/C20H17N5O2S/c1-12(21-20-23-15-8-4-5-9-17(15)28-20)18(26)24-25-19(27)16-11-10-13-6-2-3-7-14(13)22-16/h2-12H,1H3,(H,21,23)(H,24,26)(H,25,27)/t12-/m0/s1. The van der Waals surface area contributed by atoms with E-state index in [-0.39, 0.29) is 11.6 Å². The number of pyridine rings is 1. The minimum Gasteiger partial charge on any atom is -0.350 e. The number of hydrogen-bond acceptors (Lipinski definition) is 6. The first-order valence-electron chi connectivity index (χ1n) is 8.68. The summed E-state index contributed by atoms with van der Waals surface area (Å²) in [7, 11) is 0. The van der Waals surface area contributed by atoms with Crippen LogP contribution in [0.2, 0.25) is 0 Å². The number of hydrazine groups is 1. The molecule has 0 aliphatic heterocycles. The second-order valence-corrected chi connectivity index (χ2v) is 7.22. The third-order valence-corrected chi connectivity index (χ3v) is 5.13. The zero-order chi connectivity index (χ0) is 19.5. The van der Waals surface area contributed by atoms with E-state index < -0.39 is 11.9 Å². The smallest absolute Gasteiger partial charge is 0.288 e. The number of amides is 2. The minimum absolute atomic E-state index is 0.228. The van der Waals surface area contributed by atoms with Gasteiger partial charge in [0, 0.05) is 5.39 Å². The van der Waals surface area contributed by atoms with E-state index in [0.29, 0.717) is 10.6 Å². The van der Waals surface area contributed by atoms with Crippen LogP contribution >= 0.6 is 11.3 Å². The van der Waals surface area contributed by atoms with E-state index >= 15 is 0 Å². The van der Waals surface area contributed by atoms with E-state index in [9.17, 15) is 9.59 Å². The summed E-state index contributed by atoms with van der Waals surface area (Å²) in [6, 6.07) is 18.1. The summed E-state index contributed by atoms with van der Waals surface area (Å²) in [6.45, 7) is 1.70. The van der Waals surface area contributed by atoms with Crippen molar-refractivity contribution < 1.29 is 9.59 Å². The monoisotopic (exact) mass is 391 g/mol. The molecular formula is C20H17N5O2S. The second-order valence-electron chi connectivity index (χ2n) is 6.19. The van der Waals surface area contributed by atoms with Crippen molar-refractivity contribution in [2.75, 3.05) is 5.32 Å². The predicted molar refractivity (Wildman–Crippen MR) is 110 cm³/mol. The van der Waals surface area contributed by atoms with E-state index in [1.165, 1.54) is 11.3 Å². The van der Waals surface area contributed by atoms with E-state index in [1.54, 1.807) is 13.0 Å². The number of aromatic nitrogens is 2. The highest BCUT2D eigenvalue weighted by Crippen LogP contribution is 2.25. The average molecular weight is 391 g/mol. The van der Waals surface area contributed by atoms with Crippen molar-refractivity contribution in [1.29, 1.82) is 0 Å². The number of carbonyl (C=O) groups is 2. The first kappa shape index (κ1) is 17.9. The van der Waals surface area contributed by atoms with Crippen molar-refractivity contribution in [2.24, 2.45) is 0 Å². The van der Waals surface area contributed by atoms with Crippen LogP contribution in [0.15, 0.2) is 60.7 Å². The third kappa shape index (κ3) is 3.77. The molecule has 0 fully saturated rings. The van der Waals surface area contributed by atoms with Gasteiger partial charge >= 0.3 is 0 Å². The van der Waals surface area contributed by atoms with Crippen LogP contribution in [0.4, 0.5) is 5.13 Å². The lowest BCUT2D eigenvalue weighted by molar-refractivity contribution is -0.122. The van der Waals surface area contributed by atoms with E-state index in [4.69, 9.17) is 0 Å². The average Bonchev–Trinajstić information content (AvgIpc) is 3.13. The maximum atomic E-state index is 12.3. The van der Waals surface area contributed by atoms with Crippen molar-refractivity contribution in [2.45, 2.75) is 13.0 Å². The molecule has 3 N–H and O–H groups in total. The minimum atomic E-state index is -0.578. The molecule has 2 aromatic carbocycles. The van der Waals surface area contributed by atoms with Crippen molar-refractivity contribution >= 4 is 49.4 Å². The molecule has 140 valence electrons. The topological polar surface area (TPSA) is 96.0 Å². The van der Waals surface area contributed by atoms with Crippen molar-refractivity contribution in [1.82, 2.24) is 20.8 Å². The summed E-state index contributed by atoms with van der Waals surface area (Å²) in [4.78, 5) is 33.3. The molecule has 0 unspecified atom stereocenters. The number of carbonyl (C=O) groups excluding carboxylic acids is 2. The van der Waals surface area contributed by atoms with Crippen LogP contribution in [0.1, 0.15) is 17.4 Å². The van der Waals surface area contributed by atoms with Crippen LogP contribution in [0.3, 0.4) is 0 Å². The molecule has 0 spiro atoms. The largest absolute Gasteiger partial charge is 0.350 e. The van der Waals surface area contributed by atoms with Crippen LogP contribution in [0, 0.1) is 0 Å². The second kappa shape index (κ2) is 7.61. The summed E-state index contributed by atoms with van der Waals surface area (Å²) in [6.07, 6.45) is 0. The molecule has 2 heterocycles. The normalized spacial score (nSPS) is 11.9. The molecule has 7 nitrogen and oxygen atoms in total. The van der Waals surface area contributed by atoms with Crippen molar-refractivity contribution in [3.05, 3.63) is 66.4 Å². The van der Waals surface area contributed by atoms with Crippen LogP contribution in [-0.2, 0) is 4.79 Å². The SMILES string of the molecule is C[C@H](Nc1nc2ccccc2s1)C(=O)NNC(=O)c1ccc2ccccc2n1. The molecule has 4 aromatic rings. The molecule has 8 heteroatoms. The molecule has 1 atom stereocenters.